The first-order valence-electron chi connectivity index (χ1n) is 8.79. The number of benzene rings is 1. The Morgan fingerprint density at radius 1 is 1.13 bits per heavy atom. The van der Waals surface area contributed by atoms with Gasteiger partial charge in [-0.05, 0) is 31.2 Å². The Balaban J connectivity index is 1.40. The molecular formula is C19H15F3N6OS. The summed E-state index contributed by atoms with van der Waals surface area (Å²) in [5, 5.41) is 6.32. The molecule has 4 aromatic rings. The number of aromatic nitrogens is 4. The summed E-state index contributed by atoms with van der Waals surface area (Å²) in [5.74, 6) is -0.344. The Kier molecular flexibility index (Phi) is 5.12. The molecule has 4 rings (SSSR count). The maximum atomic E-state index is 12.7. The monoisotopic (exact) mass is 432 g/mol. The number of hydrogen-bond donors (Lipinski definition) is 2. The highest BCUT2D eigenvalue weighted by Gasteiger charge is 2.30. The largest absolute Gasteiger partial charge is 0.416 e. The fraction of sp³-hybridized carbons (Fsp3) is 0.158. The lowest BCUT2D eigenvalue weighted by Gasteiger charge is -2.11. The summed E-state index contributed by atoms with van der Waals surface area (Å²) in [6, 6.07) is 4.35. The zero-order valence-corrected chi connectivity index (χ0v) is 16.3. The Labute approximate surface area is 172 Å². The van der Waals surface area contributed by atoms with Crippen LogP contribution in [-0.4, -0.2) is 25.3 Å². The van der Waals surface area contributed by atoms with E-state index in [1.807, 2.05) is 6.92 Å². The van der Waals surface area contributed by atoms with E-state index in [-0.39, 0.29) is 17.6 Å². The van der Waals surface area contributed by atoms with Crippen LogP contribution in [0, 0.1) is 0 Å². The lowest BCUT2D eigenvalue weighted by Crippen LogP contribution is -2.27. The minimum atomic E-state index is -4.38. The van der Waals surface area contributed by atoms with Crippen LogP contribution in [0.15, 0.2) is 55.2 Å². The molecular weight excluding hydrogens is 417 g/mol. The number of amides is 1. The maximum Gasteiger partial charge on any atom is 0.416 e. The number of hydrogen-bond acceptors (Lipinski definition) is 6. The van der Waals surface area contributed by atoms with Crippen molar-refractivity contribution in [1.29, 1.82) is 0 Å². The number of rotatable bonds is 5. The third-order valence-corrected chi connectivity index (χ3v) is 5.37. The van der Waals surface area contributed by atoms with Gasteiger partial charge in [-0.25, -0.2) is 15.0 Å². The second-order valence-electron chi connectivity index (χ2n) is 6.43. The van der Waals surface area contributed by atoms with Gasteiger partial charge in [0.05, 0.1) is 17.8 Å². The number of carbonyl (C=O) groups excluding carboxylic acids is 1. The maximum absolute atomic E-state index is 12.7. The Bertz CT molecular complexity index is 1180. The summed E-state index contributed by atoms with van der Waals surface area (Å²) in [7, 11) is 0. The summed E-state index contributed by atoms with van der Waals surface area (Å²) in [4.78, 5) is 25.7. The molecule has 2 N–H and O–H groups in total. The van der Waals surface area contributed by atoms with Gasteiger partial charge in [0.1, 0.15) is 5.69 Å². The van der Waals surface area contributed by atoms with Gasteiger partial charge in [-0.2, -0.15) is 13.2 Å². The van der Waals surface area contributed by atoms with Crippen molar-refractivity contribution >= 4 is 33.7 Å². The SMILES string of the molecule is CC(NC(=O)c1cn2ccnc2cn1)c1cnc(Nc2ccc(C(F)(F)F)cc2)s1. The average Bonchev–Trinajstić information content (AvgIpc) is 3.36. The standard InChI is InChI=1S/C19H15F3N6OS/c1-11(26-17(29)14-10-28-7-6-23-16(28)9-24-14)15-8-25-18(30-15)27-13-4-2-12(3-5-13)19(20,21)22/h2-11H,1H3,(H,25,27)(H,26,29). The van der Waals surface area contributed by atoms with E-state index in [2.05, 4.69) is 25.6 Å². The van der Waals surface area contributed by atoms with E-state index in [0.29, 0.717) is 16.5 Å². The van der Waals surface area contributed by atoms with Gasteiger partial charge >= 0.3 is 6.18 Å². The van der Waals surface area contributed by atoms with Crippen molar-refractivity contribution in [1.82, 2.24) is 24.7 Å². The van der Waals surface area contributed by atoms with Gasteiger partial charge < -0.3 is 15.0 Å². The first kappa shape index (κ1) is 19.8. The molecule has 0 bridgehead atoms. The van der Waals surface area contributed by atoms with Gasteiger partial charge in [0, 0.05) is 35.4 Å². The van der Waals surface area contributed by atoms with Gasteiger partial charge in [0.25, 0.3) is 5.91 Å². The molecule has 0 aliphatic heterocycles. The highest BCUT2D eigenvalue weighted by atomic mass is 32.1. The van der Waals surface area contributed by atoms with E-state index in [1.54, 1.807) is 29.2 Å². The zero-order valence-electron chi connectivity index (χ0n) is 15.5. The van der Waals surface area contributed by atoms with Crippen LogP contribution in [0.5, 0.6) is 0 Å². The predicted octanol–water partition coefficient (Wildman–Crippen LogP) is 4.44. The molecule has 0 spiro atoms. The third-order valence-electron chi connectivity index (χ3n) is 4.27. The second kappa shape index (κ2) is 7.75. The number of thiazole rings is 1. The number of alkyl halides is 3. The van der Waals surface area contributed by atoms with Crippen molar-refractivity contribution < 1.29 is 18.0 Å². The van der Waals surface area contributed by atoms with Crippen LogP contribution in [0.3, 0.4) is 0 Å². The van der Waals surface area contributed by atoms with E-state index >= 15 is 0 Å². The summed E-state index contributed by atoms with van der Waals surface area (Å²) >= 11 is 1.29. The Morgan fingerprint density at radius 3 is 2.63 bits per heavy atom. The topological polar surface area (TPSA) is 84.2 Å². The van der Waals surface area contributed by atoms with Gasteiger partial charge in [-0.1, -0.05) is 11.3 Å². The van der Waals surface area contributed by atoms with E-state index in [4.69, 9.17) is 0 Å². The Hall–Kier alpha value is -3.47. The molecule has 1 aromatic carbocycles. The van der Waals surface area contributed by atoms with Crippen LogP contribution in [-0.2, 0) is 6.18 Å². The lowest BCUT2D eigenvalue weighted by atomic mass is 10.2. The lowest BCUT2D eigenvalue weighted by molar-refractivity contribution is -0.137. The number of fused-ring (bicyclic) bond motifs is 1. The second-order valence-corrected chi connectivity index (χ2v) is 7.49. The van der Waals surface area contributed by atoms with Crippen molar-refractivity contribution in [3.8, 4) is 0 Å². The summed E-state index contributed by atoms with van der Waals surface area (Å²) in [5.41, 5.74) is 0.658. The normalized spacial score (nSPS) is 12.7. The van der Waals surface area contributed by atoms with Crippen molar-refractivity contribution in [2.45, 2.75) is 19.1 Å². The number of carbonyl (C=O) groups is 1. The van der Waals surface area contributed by atoms with E-state index < -0.39 is 11.7 Å². The fourth-order valence-corrected chi connectivity index (χ4v) is 3.53. The Morgan fingerprint density at radius 2 is 1.90 bits per heavy atom. The molecule has 0 radical (unpaired) electrons. The molecule has 11 heteroatoms. The zero-order chi connectivity index (χ0) is 21.3. The molecule has 3 heterocycles. The minimum Gasteiger partial charge on any atom is -0.343 e. The number of halogens is 3. The van der Waals surface area contributed by atoms with Crippen LogP contribution < -0.4 is 10.6 Å². The van der Waals surface area contributed by atoms with Crippen molar-refractivity contribution in [3.05, 3.63) is 71.4 Å². The molecule has 3 aromatic heterocycles. The number of nitrogens with zero attached hydrogens (tertiary/aromatic N) is 4. The number of imidazole rings is 1. The van der Waals surface area contributed by atoms with Gasteiger partial charge in [-0.3, -0.25) is 4.79 Å². The van der Waals surface area contributed by atoms with Crippen molar-refractivity contribution in [2.75, 3.05) is 5.32 Å². The smallest absolute Gasteiger partial charge is 0.343 e. The molecule has 0 saturated heterocycles. The third kappa shape index (κ3) is 4.25. The first-order valence-corrected chi connectivity index (χ1v) is 9.61. The van der Waals surface area contributed by atoms with Crippen LogP contribution in [0.1, 0.15) is 33.9 Å². The average molecular weight is 432 g/mol. The van der Waals surface area contributed by atoms with Crippen LogP contribution in [0.25, 0.3) is 5.65 Å². The van der Waals surface area contributed by atoms with E-state index in [0.717, 1.165) is 17.0 Å². The molecule has 0 fully saturated rings. The molecule has 0 saturated carbocycles. The van der Waals surface area contributed by atoms with Crippen molar-refractivity contribution in [2.24, 2.45) is 0 Å². The number of nitrogens with one attached hydrogen (secondary N) is 2. The summed E-state index contributed by atoms with van der Waals surface area (Å²) in [6.07, 6.45) is 3.67. The van der Waals surface area contributed by atoms with Crippen LogP contribution >= 0.6 is 11.3 Å². The van der Waals surface area contributed by atoms with Crippen molar-refractivity contribution in [3.63, 3.8) is 0 Å². The van der Waals surface area contributed by atoms with Gasteiger partial charge in [0.2, 0.25) is 0 Å². The molecule has 30 heavy (non-hydrogen) atoms. The molecule has 1 unspecified atom stereocenters. The van der Waals surface area contributed by atoms with Gasteiger partial charge in [0.15, 0.2) is 10.8 Å². The predicted molar refractivity (Wildman–Crippen MR) is 106 cm³/mol. The van der Waals surface area contributed by atoms with Crippen LogP contribution in [0.4, 0.5) is 24.0 Å². The number of anilines is 2. The molecule has 154 valence electrons. The molecule has 7 nitrogen and oxygen atoms in total. The minimum absolute atomic E-state index is 0.250. The fourth-order valence-electron chi connectivity index (χ4n) is 2.70. The molecule has 0 aliphatic rings. The van der Waals surface area contributed by atoms with E-state index in [9.17, 15) is 18.0 Å². The first-order chi connectivity index (χ1) is 14.3. The quantitative estimate of drug-likeness (QED) is 0.487. The highest BCUT2D eigenvalue weighted by Crippen LogP contribution is 2.31. The van der Waals surface area contributed by atoms with E-state index in [1.165, 1.54) is 29.7 Å². The molecule has 1 atom stereocenters. The summed E-state index contributed by atoms with van der Waals surface area (Å²) in [6.45, 7) is 1.81. The van der Waals surface area contributed by atoms with Crippen LogP contribution in [0.2, 0.25) is 0 Å². The molecule has 0 aliphatic carbocycles. The highest BCUT2D eigenvalue weighted by molar-refractivity contribution is 7.15. The molecule has 1 amide bonds. The van der Waals surface area contributed by atoms with Gasteiger partial charge in [-0.15, -0.1) is 0 Å². The summed E-state index contributed by atoms with van der Waals surface area (Å²) < 4.78 is 39.7.